The number of nitrogens with zero attached hydrogens (tertiary/aromatic N) is 1. The van der Waals surface area contributed by atoms with Crippen LogP contribution in [0.15, 0.2) is 66.7 Å². The number of rotatable bonds is 6. The fourth-order valence-corrected chi connectivity index (χ4v) is 4.36. The molecule has 0 aliphatic rings. The topological polar surface area (TPSA) is 66.5 Å². The van der Waals surface area contributed by atoms with Gasteiger partial charge in [0.25, 0.3) is 0 Å². The second-order valence-corrected chi connectivity index (χ2v) is 8.83. The van der Waals surface area contributed by atoms with Gasteiger partial charge in [-0.3, -0.25) is 9.10 Å². The van der Waals surface area contributed by atoms with Crippen LogP contribution in [0.5, 0.6) is 0 Å². The molecule has 0 fully saturated rings. The third-order valence-electron chi connectivity index (χ3n) is 4.66. The first-order valence-corrected chi connectivity index (χ1v) is 10.9. The summed E-state index contributed by atoms with van der Waals surface area (Å²) < 4.78 is 25.8. The van der Waals surface area contributed by atoms with Gasteiger partial charge in [-0.05, 0) is 48.4 Å². The zero-order valence-electron chi connectivity index (χ0n) is 16.2. The lowest BCUT2D eigenvalue weighted by molar-refractivity contribution is -0.122. The van der Waals surface area contributed by atoms with Crippen molar-refractivity contribution in [1.29, 1.82) is 0 Å². The number of aryl methyl sites for hydroxylation is 1. The van der Waals surface area contributed by atoms with E-state index in [9.17, 15) is 13.2 Å². The number of benzene rings is 3. The first kappa shape index (κ1) is 19.9. The fourth-order valence-electron chi connectivity index (χ4n) is 3.19. The molecule has 1 amide bonds. The van der Waals surface area contributed by atoms with Crippen molar-refractivity contribution in [2.45, 2.75) is 26.4 Å². The minimum absolute atomic E-state index is 0.333. The van der Waals surface area contributed by atoms with Crippen LogP contribution in [0.3, 0.4) is 0 Å². The van der Waals surface area contributed by atoms with Crippen molar-refractivity contribution in [2.24, 2.45) is 0 Å². The Balaban J connectivity index is 1.76. The average Bonchev–Trinajstić information content (AvgIpc) is 2.66. The summed E-state index contributed by atoms with van der Waals surface area (Å²) in [6, 6.07) is 20.2. The van der Waals surface area contributed by atoms with Gasteiger partial charge in [-0.2, -0.15) is 0 Å². The maximum Gasteiger partial charge on any atom is 0.243 e. The van der Waals surface area contributed by atoms with Crippen molar-refractivity contribution in [3.05, 3.63) is 77.9 Å². The minimum atomic E-state index is -3.61. The van der Waals surface area contributed by atoms with Crippen molar-refractivity contribution in [1.82, 2.24) is 5.32 Å². The van der Waals surface area contributed by atoms with Crippen LogP contribution in [0, 0.1) is 6.92 Å². The molecule has 0 heterocycles. The number of sulfonamides is 1. The summed E-state index contributed by atoms with van der Waals surface area (Å²) in [7, 11) is -3.61. The van der Waals surface area contributed by atoms with E-state index < -0.39 is 16.1 Å². The molecule has 1 N–H and O–H groups in total. The SMILES string of the molecule is Cc1ccc(N([C@@H](C)C(=O)NCc2ccc3ccccc3c2)S(C)(=O)=O)cc1. The van der Waals surface area contributed by atoms with E-state index in [-0.39, 0.29) is 5.91 Å². The first-order valence-electron chi connectivity index (χ1n) is 9.07. The largest absolute Gasteiger partial charge is 0.350 e. The van der Waals surface area contributed by atoms with Gasteiger partial charge >= 0.3 is 0 Å². The van der Waals surface area contributed by atoms with Crippen LogP contribution in [0.25, 0.3) is 10.8 Å². The Morgan fingerprint density at radius 1 is 1.00 bits per heavy atom. The number of hydrogen-bond acceptors (Lipinski definition) is 3. The monoisotopic (exact) mass is 396 g/mol. The van der Waals surface area contributed by atoms with E-state index in [1.807, 2.05) is 61.5 Å². The lowest BCUT2D eigenvalue weighted by Gasteiger charge is -2.28. The summed E-state index contributed by atoms with van der Waals surface area (Å²) >= 11 is 0. The summed E-state index contributed by atoms with van der Waals surface area (Å²) in [5.74, 6) is -0.348. The molecule has 1 atom stereocenters. The quantitative estimate of drug-likeness (QED) is 0.692. The van der Waals surface area contributed by atoms with Crippen LogP contribution >= 0.6 is 0 Å². The summed E-state index contributed by atoms with van der Waals surface area (Å²) in [5.41, 5.74) is 2.45. The predicted octanol–water partition coefficient (Wildman–Crippen LogP) is 3.62. The smallest absolute Gasteiger partial charge is 0.243 e. The van der Waals surface area contributed by atoms with Crippen LogP contribution in [0.4, 0.5) is 5.69 Å². The van der Waals surface area contributed by atoms with Gasteiger partial charge < -0.3 is 5.32 Å². The van der Waals surface area contributed by atoms with E-state index in [0.29, 0.717) is 12.2 Å². The van der Waals surface area contributed by atoms with E-state index in [4.69, 9.17) is 0 Å². The Labute approximate surface area is 166 Å². The van der Waals surface area contributed by atoms with E-state index in [1.54, 1.807) is 19.1 Å². The fraction of sp³-hybridized carbons (Fsp3) is 0.227. The molecule has 0 unspecified atom stereocenters. The van der Waals surface area contributed by atoms with Gasteiger partial charge in [0.15, 0.2) is 0 Å². The van der Waals surface area contributed by atoms with Crippen LogP contribution in [0.2, 0.25) is 0 Å². The predicted molar refractivity (Wildman–Crippen MR) is 114 cm³/mol. The number of anilines is 1. The molecular weight excluding hydrogens is 372 g/mol. The van der Waals surface area contributed by atoms with Crippen molar-refractivity contribution < 1.29 is 13.2 Å². The molecule has 0 spiro atoms. The summed E-state index contributed by atoms with van der Waals surface area (Å²) in [5, 5.41) is 5.08. The Morgan fingerprint density at radius 2 is 1.64 bits per heavy atom. The summed E-state index contributed by atoms with van der Waals surface area (Å²) in [6.45, 7) is 3.85. The van der Waals surface area contributed by atoms with Crippen LogP contribution in [-0.4, -0.2) is 26.6 Å². The molecular formula is C22H24N2O3S. The lowest BCUT2D eigenvalue weighted by Crippen LogP contribution is -2.47. The molecule has 0 aliphatic carbocycles. The van der Waals surface area contributed by atoms with Crippen molar-refractivity contribution in [3.8, 4) is 0 Å². The van der Waals surface area contributed by atoms with Crippen molar-refractivity contribution in [3.63, 3.8) is 0 Å². The zero-order chi connectivity index (χ0) is 20.3. The van der Waals surface area contributed by atoms with E-state index in [1.165, 1.54) is 0 Å². The van der Waals surface area contributed by atoms with Crippen LogP contribution in [0.1, 0.15) is 18.1 Å². The molecule has 0 aliphatic heterocycles. The minimum Gasteiger partial charge on any atom is -0.350 e. The number of nitrogens with one attached hydrogen (secondary N) is 1. The van der Waals surface area contributed by atoms with Gasteiger partial charge in [-0.15, -0.1) is 0 Å². The van der Waals surface area contributed by atoms with Gasteiger partial charge in [-0.25, -0.2) is 8.42 Å². The van der Waals surface area contributed by atoms with E-state index in [2.05, 4.69) is 5.32 Å². The van der Waals surface area contributed by atoms with Crippen LogP contribution < -0.4 is 9.62 Å². The Kier molecular flexibility index (Phi) is 5.70. The highest BCUT2D eigenvalue weighted by Crippen LogP contribution is 2.21. The van der Waals surface area contributed by atoms with Crippen LogP contribution in [-0.2, 0) is 21.4 Å². The molecule has 6 heteroatoms. The Hall–Kier alpha value is -2.86. The van der Waals surface area contributed by atoms with Crippen molar-refractivity contribution >= 4 is 32.4 Å². The van der Waals surface area contributed by atoms with Gasteiger partial charge in [0.1, 0.15) is 6.04 Å². The molecule has 3 aromatic carbocycles. The lowest BCUT2D eigenvalue weighted by atomic mass is 10.1. The number of hydrogen-bond donors (Lipinski definition) is 1. The summed E-state index contributed by atoms with van der Waals surface area (Å²) in [4.78, 5) is 12.7. The second-order valence-electron chi connectivity index (χ2n) is 6.97. The standard InChI is InChI=1S/C22H24N2O3S/c1-16-8-12-21(13-9-16)24(28(3,26)27)17(2)22(25)23-15-18-10-11-19-6-4-5-7-20(19)14-18/h4-14,17H,15H2,1-3H3,(H,23,25)/t17-/m0/s1. The van der Waals surface area contributed by atoms with E-state index in [0.717, 1.165) is 32.5 Å². The normalized spacial score (nSPS) is 12.5. The maximum absolute atomic E-state index is 12.7. The second kappa shape index (κ2) is 8.02. The van der Waals surface area contributed by atoms with Gasteiger partial charge in [0.2, 0.25) is 15.9 Å². The molecule has 3 rings (SSSR count). The highest BCUT2D eigenvalue weighted by Gasteiger charge is 2.28. The van der Waals surface area contributed by atoms with E-state index >= 15 is 0 Å². The molecule has 0 saturated carbocycles. The summed E-state index contributed by atoms with van der Waals surface area (Å²) in [6.07, 6.45) is 1.11. The Morgan fingerprint density at radius 3 is 2.29 bits per heavy atom. The average molecular weight is 397 g/mol. The third kappa shape index (κ3) is 4.51. The number of amides is 1. The highest BCUT2D eigenvalue weighted by atomic mass is 32.2. The molecule has 3 aromatic rings. The number of carbonyl (C=O) groups excluding carboxylic acids is 1. The highest BCUT2D eigenvalue weighted by molar-refractivity contribution is 7.92. The van der Waals surface area contributed by atoms with Gasteiger partial charge in [-0.1, -0.05) is 54.1 Å². The zero-order valence-corrected chi connectivity index (χ0v) is 17.0. The van der Waals surface area contributed by atoms with Gasteiger partial charge in [0, 0.05) is 6.54 Å². The number of carbonyl (C=O) groups is 1. The van der Waals surface area contributed by atoms with Gasteiger partial charge in [0.05, 0.1) is 11.9 Å². The molecule has 146 valence electrons. The molecule has 0 aromatic heterocycles. The van der Waals surface area contributed by atoms with Crippen molar-refractivity contribution in [2.75, 3.05) is 10.6 Å². The third-order valence-corrected chi connectivity index (χ3v) is 5.90. The molecule has 5 nitrogen and oxygen atoms in total. The molecule has 0 saturated heterocycles. The molecule has 28 heavy (non-hydrogen) atoms. The molecule has 0 radical (unpaired) electrons. The molecule has 0 bridgehead atoms. The first-order chi connectivity index (χ1) is 13.3. The number of fused-ring (bicyclic) bond motifs is 1. The Bertz CT molecular complexity index is 1090. The maximum atomic E-state index is 12.7.